The Bertz CT molecular complexity index is 1070. The number of ether oxygens (including phenoxy) is 1. The van der Waals surface area contributed by atoms with Crippen molar-refractivity contribution in [3.63, 3.8) is 0 Å². The van der Waals surface area contributed by atoms with E-state index < -0.39 is 55.9 Å². The van der Waals surface area contributed by atoms with Crippen LogP contribution in [0.25, 0.3) is 0 Å². The molecule has 12 heteroatoms. The van der Waals surface area contributed by atoms with Crippen LogP contribution < -0.4 is 5.32 Å². The number of carbonyl (C=O) groups excluding carboxylic acids is 1. The summed E-state index contributed by atoms with van der Waals surface area (Å²) in [6, 6.07) is 3.58. The topological polar surface area (TPSA) is 95.9 Å². The molecule has 168 valence electrons. The Hall–Kier alpha value is -2.54. The zero-order chi connectivity index (χ0) is 22.8. The lowest BCUT2D eigenvalue weighted by molar-refractivity contribution is 0.0423. The number of hydrogen-bond donors (Lipinski definition) is 2. The minimum Gasteiger partial charge on any atom is -0.392 e. The summed E-state index contributed by atoms with van der Waals surface area (Å²) in [7, 11) is -4.44. The van der Waals surface area contributed by atoms with E-state index in [4.69, 9.17) is 4.74 Å². The molecule has 0 aromatic heterocycles. The molecule has 1 fully saturated rings. The number of β-amino-alcohol motifs (C(OH)–C–C–N with tert-alkyl or cyclic N) is 1. The van der Waals surface area contributed by atoms with Gasteiger partial charge in [0.1, 0.15) is 10.7 Å². The van der Waals surface area contributed by atoms with Crippen molar-refractivity contribution in [2.45, 2.75) is 17.4 Å². The summed E-state index contributed by atoms with van der Waals surface area (Å²) in [6.07, 6.45) is -0.824. The molecule has 1 saturated heterocycles. The quantitative estimate of drug-likeness (QED) is 0.537. The molecule has 31 heavy (non-hydrogen) atoms. The molecule has 2 aromatic carbocycles. The van der Waals surface area contributed by atoms with Crippen LogP contribution in [0.15, 0.2) is 35.2 Å². The summed E-state index contributed by atoms with van der Waals surface area (Å²) in [5.74, 6) is -6.91. The highest BCUT2D eigenvalue weighted by atomic mass is 32.2. The Morgan fingerprint density at radius 3 is 2.42 bits per heavy atom. The van der Waals surface area contributed by atoms with Crippen LogP contribution in [0.1, 0.15) is 16.8 Å². The molecule has 1 amide bonds. The molecule has 1 heterocycles. The smallest absolute Gasteiger partial charge is 0.255 e. The number of rotatable bonds is 4. The van der Waals surface area contributed by atoms with Crippen molar-refractivity contribution in [2.75, 3.05) is 31.6 Å². The van der Waals surface area contributed by atoms with Gasteiger partial charge in [0.25, 0.3) is 5.91 Å². The molecule has 0 radical (unpaired) electrons. The first-order valence-corrected chi connectivity index (χ1v) is 10.5. The lowest BCUT2D eigenvalue weighted by Crippen LogP contribution is -2.42. The molecular formula is C19H18F4N2O5S. The van der Waals surface area contributed by atoms with Crippen LogP contribution in [0.4, 0.5) is 23.2 Å². The Morgan fingerprint density at radius 2 is 1.74 bits per heavy atom. The second-order valence-electron chi connectivity index (χ2n) is 6.77. The molecule has 1 unspecified atom stereocenters. The third-order valence-corrected chi connectivity index (χ3v) is 6.43. The first-order chi connectivity index (χ1) is 14.6. The standard InChI is InChI=1S/C19H18F4N2O5S/c20-14-2-1-11(19(27)24-12-8-15(21)18(23)16(22)9-12)7-17(14)31(28,29)25-4-6-30-5-3-13(26)10-25/h1-2,7-9,13,26H,3-6,10H2,(H,24,27). The van der Waals surface area contributed by atoms with Crippen LogP contribution in [0.5, 0.6) is 0 Å². The van der Waals surface area contributed by atoms with Crippen LogP contribution >= 0.6 is 0 Å². The van der Waals surface area contributed by atoms with Crippen molar-refractivity contribution in [3.8, 4) is 0 Å². The van der Waals surface area contributed by atoms with Crippen LogP contribution in [-0.4, -0.2) is 56.1 Å². The largest absolute Gasteiger partial charge is 0.392 e. The molecule has 2 aromatic rings. The maximum atomic E-state index is 14.4. The van der Waals surface area contributed by atoms with Gasteiger partial charge in [-0.15, -0.1) is 0 Å². The van der Waals surface area contributed by atoms with Gasteiger partial charge in [0.15, 0.2) is 17.5 Å². The minimum absolute atomic E-state index is 0.0371. The van der Waals surface area contributed by atoms with E-state index in [1.165, 1.54) is 0 Å². The van der Waals surface area contributed by atoms with Crippen molar-refractivity contribution < 1.29 is 40.6 Å². The number of aliphatic hydroxyl groups excluding tert-OH is 1. The van der Waals surface area contributed by atoms with E-state index >= 15 is 0 Å². The number of benzene rings is 2. The average Bonchev–Trinajstić information content (AvgIpc) is 2.68. The van der Waals surface area contributed by atoms with Crippen LogP contribution in [0.3, 0.4) is 0 Å². The van der Waals surface area contributed by atoms with Crippen molar-refractivity contribution in [2.24, 2.45) is 0 Å². The summed E-state index contributed by atoms with van der Waals surface area (Å²) in [5, 5.41) is 12.0. The minimum atomic E-state index is -4.44. The summed E-state index contributed by atoms with van der Waals surface area (Å²) in [5.41, 5.74) is -0.742. The van der Waals surface area contributed by atoms with Crippen molar-refractivity contribution in [1.29, 1.82) is 0 Å². The van der Waals surface area contributed by atoms with Crippen LogP contribution in [0, 0.1) is 23.3 Å². The average molecular weight is 462 g/mol. The lowest BCUT2D eigenvalue weighted by Gasteiger charge is -2.27. The summed E-state index contributed by atoms with van der Waals surface area (Å²) in [4.78, 5) is 11.6. The number of amides is 1. The van der Waals surface area contributed by atoms with Gasteiger partial charge in [-0.3, -0.25) is 4.79 Å². The highest BCUT2D eigenvalue weighted by Gasteiger charge is 2.31. The SMILES string of the molecule is O=C(Nc1cc(F)c(F)c(F)c1)c1ccc(F)c(S(=O)(=O)N2CCOCCC(O)C2)c1. The van der Waals surface area contributed by atoms with Crippen LogP contribution in [0.2, 0.25) is 0 Å². The fraction of sp³-hybridized carbons (Fsp3) is 0.316. The molecule has 1 aliphatic heterocycles. The Morgan fingerprint density at radius 1 is 1.06 bits per heavy atom. The summed E-state index contributed by atoms with van der Waals surface area (Å²) < 4.78 is 86.0. The van der Waals surface area contributed by atoms with Crippen molar-refractivity contribution in [3.05, 3.63) is 59.2 Å². The van der Waals surface area contributed by atoms with E-state index in [2.05, 4.69) is 5.32 Å². The number of hydrogen-bond acceptors (Lipinski definition) is 5. The summed E-state index contributed by atoms with van der Waals surface area (Å²) in [6.45, 7) is -0.127. The van der Waals surface area contributed by atoms with Gasteiger partial charge in [-0.1, -0.05) is 0 Å². The molecule has 3 rings (SSSR count). The molecule has 0 saturated carbocycles. The third kappa shape index (κ3) is 5.21. The maximum Gasteiger partial charge on any atom is 0.255 e. The van der Waals surface area contributed by atoms with E-state index in [9.17, 15) is 35.9 Å². The predicted molar refractivity (Wildman–Crippen MR) is 101 cm³/mol. The van der Waals surface area contributed by atoms with Gasteiger partial charge in [0.05, 0.1) is 12.7 Å². The fourth-order valence-corrected chi connectivity index (χ4v) is 4.49. The van der Waals surface area contributed by atoms with Crippen molar-refractivity contribution >= 4 is 21.6 Å². The Labute approximate surface area is 175 Å². The monoisotopic (exact) mass is 462 g/mol. The Kier molecular flexibility index (Phi) is 6.94. The summed E-state index contributed by atoms with van der Waals surface area (Å²) >= 11 is 0. The molecular weight excluding hydrogens is 444 g/mol. The molecule has 7 nitrogen and oxygen atoms in total. The van der Waals surface area contributed by atoms with Gasteiger partial charge in [0.2, 0.25) is 10.0 Å². The zero-order valence-corrected chi connectivity index (χ0v) is 16.8. The molecule has 1 atom stereocenters. The number of halogens is 4. The van der Waals surface area contributed by atoms with Gasteiger partial charge < -0.3 is 15.2 Å². The molecule has 0 spiro atoms. The van der Waals surface area contributed by atoms with Gasteiger partial charge in [-0.2, -0.15) is 4.31 Å². The molecule has 0 bridgehead atoms. The number of aliphatic hydroxyl groups is 1. The third-order valence-electron chi connectivity index (χ3n) is 4.55. The van der Waals surface area contributed by atoms with E-state index in [1.54, 1.807) is 0 Å². The normalized spacial score (nSPS) is 18.3. The van der Waals surface area contributed by atoms with Crippen molar-refractivity contribution in [1.82, 2.24) is 4.31 Å². The highest BCUT2D eigenvalue weighted by molar-refractivity contribution is 7.89. The van der Waals surface area contributed by atoms with Gasteiger partial charge >= 0.3 is 0 Å². The van der Waals surface area contributed by atoms with Gasteiger partial charge in [0, 0.05) is 43.1 Å². The first kappa shape index (κ1) is 23.1. The van der Waals surface area contributed by atoms with Gasteiger partial charge in [-0.25, -0.2) is 26.0 Å². The number of sulfonamides is 1. The maximum absolute atomic E-state index is 14.4. The van der Waals surface area contributed by atoms with Crippen LogP contribution in [-0.2, 0) is 14.8 Å². The fourth-order valence-electron chi connectivity index (χ4n) is 2.94. The second kappa shape index (κ2) is 9.30. The van der Waals surface area contributed by atoms with E-state index in [-0.39, 0.29) is 38.3 Å². The first-order valence-electron chi connectivity index (χ1n) is 9.11. The number of nitrogens with zero attached hydrogens (tertiary/aromatic N) is 1. The lowest BCUT2D eigenvalue weighted by atomic mass is 10.2. The van der Waals surface area contributed by atoms with E-state index in [0.29, 0.717) is 12.1 Å². The number of anilines is 1. The van der Waals surface area contributed by atoms with E-state index in [1.807, 2.05) is 0 Å². The predicted octanol–water partition coefficient (Wildman–Crippen LogP) is 2.27. The number of carbonyl (C=O) groups is 1. The van der Waals surface area contributed by atoms with E-state index in [0.717, 1.165) is 22.5 Å². The molecule has 1 aliphatic rings. The molecule has 0 aliphatic carbocycles. The number of nitrogens with one attached hydrogen (secondary N) is 1. The molecule has 2 N–H and O–H groups in total. The van der Waals surface area contributed by atoms with Gasteiger partial charge in [-0.05, 0) is 24.6 Å². The zero-order valence-electron chi connectivity index (χ0n) is 15.9. The second-order valence-corrected chi connectivity index (χ2v) is 8.68. The Balaban J connectivity index is 1.89. The highest BCUT2D eigenvalue weighted by Crippen LogP contribution is 2.23.